The van der Waals surface area contributed by atoms with E-state index in [0.29, 0.717) is 32.3 Å². The van der Waals surface area contributed by atoms with Gasteiger partial charge in [-0.15, -0.1) is 0 Å². The molecule has 0 saturated carbocycles. The zero-order chi connectivity index (χ0) is 18.0. The highest BCUT2D eigenvalue weighted by atomic mass is 16.2. The van der Waals surface area contributed by atoms with E-state index >= 15 is 0 Å². The molecule has 0 atom stereocenters. The van der Waals surface area contributed by atoms with Crippen LogP contribution in [0.5, 0.6) is 0 Å². The van der Waals surface area contributed by atoms with Gasteiger partial charge in [0.2, 0.25) is 21.7 Å². The molecule has 0 aliphatic heterocycles. The molecule has 0 N–H and O–H groups in total. The van der Waals surface area contributed by atoms with Crippen LogP contribution in [0.25, 0.3) is 43.1 Å². The van der Waals surface area contributed by atoms with E-state index in [1.807, 2.05) is 0 Å². The maximum absolute atomic E-state index is 12.6. The Morgan fingerprint density at radius 2 is 0.654 bits per heavy atom. The molecule has 4 heteroatoms. The fraction of sp³-hybridized carbons (Fsp3) is 0. The number of rotatable bonds is 0. The molecule has 0 saturated heterocycles. The van der Waals surface area contributed by atoms with Crippen molar-refractivity contribution in [1.82, 2.24) is 0 Å². The van der Waals surface area contributed by atoms with Crippen molar-refractivity contribution in [3.8, 4) is 0 Å². The molecule has 0 aromatic heterocycles. The average Bonchev–Trinajstić information content (AvgIpc) is 2.69. The van der Waals surface area contributed by atoms with Gasteiger partial charge in [0.05, 0.1) is 0 Å². The Kier molecular flexibility index (Phi) is 2.78. The van der Waals surface area contributed by atoms with E-state index in [2.05, 4.69) is 0 Å². The molecular weight excluding hydrogens is 328 g/mol. The van der Waals surface area contributed by atoms with Crippen LogP contribution >= 0.6 is 0 Å². The summed E-state index contributed by atoms with van der Waals surface area (Å²) >= 11 is 0. The van der Waals surface area contributed by atoms with Crippen LogP contribution in [0.4, 0.5) is 0 Å². The predicted octanol–water partition coefficient (Wildman–Crippen LogP) is 2.62. The molecule has 4 nitrogen and oxygen atoms in total. The number of fused-ring (bicyclic) bond motifs is 6. The molecule has 0 spiro atoms. The first-order chi connectivity index (χ1) is 12.6. The van der Waals surface area contributed by atoms with Crippen molar-refractivity contribution in [3.05, 3.63) is 102 Å². The summed E-state index contributed by atoms with van der Waals surface area (Å²) in [4.78, 5) is 49.9. The molecule has 5 aromatic rings. The molecule has 0 unspecified atom stereocenters. The minimum Gasteiger partial charge on any atom is -0.285 e. The highest BCUT2D eigenvalue weighted by Gasteiger charge is 2.15. The Labute approximate surface area is 145 Å². The Balaban J connectivity index is 2.21. The molecule has 5 aromatic carbocycles. The lowest BCUT2D eigenvalue weighted by molar-refractivity contribution is 1.57. The third-order valence-electron chi connectivity index (χ3n) is 4.98. The second-order valence-electron chi connectivity index (χ2n) is 6.35. The molecule has 0 amide bonds. The molecule has 0 aliphatic rings. The van der Waals surface area contributed by atoms with Crippen LogP contribution in [-0.2, 0) is 0 Å². The maximum Gasteiger partial charge on any atom is 0.234 e. The quantitative estimate of drug-likeness (QED) is 0.247. The van der Waals surface area contributed by atoms with E-state index in [4.69, 9.17) is 0 Å². The van der Waals surface area contributed by atoms with Gasteiger partial charge in [0.25, 0.3) is 0 Å². The van der Waals surface area contributed by atoms with Gasteiger partial charge < -0.3 is 0 Å². The van der Waals surface area contributed by atoms with E-state index < -0.39 is 21.7 Å². The predicted molar refractivity (Wildman–Crippen MR) is 104 cm³/mol. The van der Waals surface area contributed by atoms with Gasteiger partial charge in [-0.2, -0.15) is 0 Å². The third kappa shape index (κ3) is 1.73. The lowest BCUT2D eigenvalue weighted by Crippen LogP contribution is -2.26. The van der Waals surface area contributed by atoms with Crippen LogP contribution < -0.4 is 21.7 Å². The van der Waals surface area contributed by atoms with Gasteiger partial charge in [0, 0.05) is 21.5 Å². The van der Waals surface area contributed by atoms with Crippen LogP contribution in [0.15, 0.2) is 79.8 Å². The smallest absolute Gasteiger partial charge is 0.234 e. The van der Waals surface area contributed by atoms with Crippen molar-refractivity contribution >= 4 is 43.1 Å². The average molecular weight is 338 g/mol. The van der Waals surface area contributed by atoms with Gasteiger partial charge >= 0.3 is 0 Å². The molecule has 0 aliphatic carbocycles. The van der Waals surface area contributed by atoms with E-state index in [-0.39, 0.29) is 10.8 Å². The Bertz CT molecular complexity index is 1490. The lowest BCUT2D eigenvalue weighted by Gasteiger charge is -2.07. The first-order valence-electron chi connectivity index (χ1n) is 8.13. The van der Waals surface area contributed by atoms with Crippen molar-refractivity contribution in [2.24, 2.45) is 0 Å². The summed E-state index contributed by atoms with van der Waals surface area (Å²) in [6.45, 7) is 0. The fourth-order valence-corrected chi connectivity index (χ4v) is 3.74. The molecule has 5 rings (SSSR count). The van der Waals surface area contributed by atoms with E-state index in [9.17, 15) is 19.2 Å². The van der Waals surface area contributed by atoms with Gasteiger partial charge in [-0.1, -0.05) is 48.5 Å². The zero-order valence-electron chi connectivity index (χ0n) is 13.4. The Morgan fingerprint density at radius 1 is 0.346 bits per heavy atom. The molecule has 26 heavy (non-hydrogen) atoms. The van der Waals surface area contributed by atoms with Crippen molar-refractivity contribution in [2.45, 2.75) is 0 Å². The van der Waals surface area contributed by atoms with Gasteiger partial charge in [0.1, 0.15) is 0 Å². The van der Waals surface area contributed by atoms with Crippen LogP contribution in [0.2, 0.25) is 0 Å². The van der Waals surface area contributed by atoms with Crippen LogP contribution in [0.1, 0.15) is 0 Å². The number of hydrogen-bond donors (Lipinski definition) is 0. The second-order valence-corrected chi connectivity index (χ2v) is 6.35. The molecule has 0 bridgehead atoms. The van der Waals surface area contributed by atoms with Crippen LogP contribution in [0.3, 0.4) is 0 Å². The van der Waals surface area contributed by atoms with E-state index in [0.717, 1.165) is 0 Å². The molecule has 122 valence electrons. The first-order valence-corrected chi connectivity index (χ1v) is 8.13. The number of hydrogen-bond acceptors (Lipinski definition) is 4. The van der Waals surface area contributed by atoms with Crippen molar-refractivity contribution in [1.29, 1.82) is 0 Å². The lowest BCUT2D eigenvalue weighted by atomic mass is 9.94. The molecule has 0 heterocycles. The summed E-state index contributed by atoms with van der Waals surface area (Å²) in [5.41, 5.74) is -2.49. The summed E-state index contributed by atoms with van der Waals surface area (Å²) in [5.74, 6) is 0. The summed E-state index contributed by atoms with van der Waals surface area (Å²) < 4.78 is 0. The zero-order valence-corrected chi connectivity index (χ0v) is 13.4. The van der Waals surface area contributed by atoms with Crippen molar-refractivity contribution in [2.75, 3.05) is 0 Å². The Morgan fingerprint density at radius 3 is 1.08 bits per heavy atom. The van der Waals surface area contributed by atoms with Gasteiger partial charge in [-0.3, -0.25) is 19.2 Å². The largest absolute Gasteiger partial charge is 0.285 e. The monoisotopic (exact) mass is 338 g/mol. The van der Waals surface area contributed by atoms with Gasteiger partial charge in [0.15, 0.2) is 0 Å². The topological polar surface area (TPSA) is 68.3 Å². The third-order valence-corrected chi connectivity index (χ3v) is 4.98. The number of benzene rings is 5. The van der Waals surface area contributed by atoms with Gasteiger partial charge in [-0.25, -0.2) is 0 Å². The molecule has 0 fully saturated rings. The summed E-state index contributed by atoms with van der Waals surface area (Å²) in [5, 5.41) is 3.61. The minimum atomic E-state index is -0.652. The minimum absolute atomic E-state index is 0.174. The van der Waals surface area contributed by atoms with E-state index in [1.165, 1.54) is 6.07 Å². The fourth-order valence-electron chi connectivity index (χ4n) is 3.74. The first kappa shape index (κ1) is 14.7. The summed E-state index contributed by atoms with van der Waals surface area (Å²) in [7, 11) is 0. The van der Waals surface area contributed by atoms with Crippen molar-refractivity contribution < 1.29 is 0 Å². The standard InChI is InChI=1S/C22H10O4/c23-19-13-7-3-1-5-11(13)15-9-16-12-6-2-4-8-14(12)20(24)22(26)18(16)10-17(15)21(19)25/h1-10H. The summed E-state index contributed by atoms with van der Waals surface area (Å²) in [6, 6.07) is 17.0. The van der Waals surface area contributed by atoms with Crippen LogP contribution in [-0.4, -0.2) is 0 Å². The van der Waals surface area contributed by atoms with Crippen LogP contribution in [0, 0.1) is 0 Å². The van der Waals surface area contributed by atoms with Gasteiger partial charge in [-0.05, 0) is 33.7 Å². The maximum atomic E-state index is 12.6. The van der Waals surface area contributed by atoms with E-state index in [1.54, 1.807) is 54.6 Å². The second kappa shape index (κ2) is 4.92. The summed E-state index contributed by atoms with van der Waals surface area (Å²) in [6.07, 6.45) is 0. The SMILES string of the molecule is O=c1c(=O)c2cc3c(=O)c(=O)c4ccccc4c3cc2c2ccccc12. The molecule has 0 radical (unpaired) electrons. The molecular formula is C22H10O4. The van der Waals surface area contributed by atoms with Crippen molar-refractivity contribution in [3.63, 3.8) is 0 Å². The highest BCUT2D eigenvalue weighted by molar-refractivity contribution is 6.17. The highest BCUT2D eigenvalue weighted by Crippen LogP contribution is 2.28. The Hall–Kier alpha value is -3.66. The normalized spacial score (nSPS) is 11.7.